The van der Waals surface area contributed by atoms with Gasteiger partial charge in [-0.2, -0.15) is 0 Å². The first-order valence-electron chi connectivity index (χ1n) is 7.18. The van der Waals surface area contributed by atoms with Gasteiger partial charge in [0.15, 0.2) is 0 Å². The molecule has 1 unspecified atom stereocenters. The predicted molar refractivity (Wildman–Crippen MR) is 73.1 cm³/mol. The highest BCUT2D eigenvalue weighted by atomic mass is 16.5. The van der Waals surface area contributed by atoms with Crippen LogP contribution in [-0.4, -0.2) is 44.8 Å². The van der Waals surface area contributed by atoms with E-state index in [4.69, 9.17) is 10.5 Å². The summed E-state index contributed by atoms with van der Waals surface area (Å²) in [6.45, 7) is 7.25. The van der Waals surface area contributed by atoms with Crippen LogP contribution < -0.4 is 5.73 Å². The smallest absolute Gasteiger partial charge is 0.0593 e. The van der Waals surface area contributed by atoms with Gasteiger partial charge in [-0.3, -0.25) is 0 Å². The average molecular weight is 242 g/mol. The van der Waals surface area contributed by atoms with Gasteiger partial charge < -0.3 is 15.4 Å². The summed E-state index contributed by atoms with van der Waals surface area (Å²) < 4.78 is 5.64. The van der Waals surface area contributed by atoms with Crippen molar-refractivity contribution in [2.45, 2.75) is 39.0 Å². The number of nitrogens with two attached hydrogens (primary N) is 1. The summed E-state index contributed by atoms with van der Waals surface area (Å²) in [7, 11) is 2.19. The van der Waals surface area contributed by atoms with Gasteiger partial charge in [0, 0.05) is 13.2 Å². The molecule has 1 fully saturated rings. The van der Waals surface area contributed by atoms with Crippen molar-refractivity contribution in [3.8, 4) is 0 Å². The lowest BCUT2D eigenvalue weighted by Crippen LogP contribution is -2.25. The summed E-state index contributed by atoms with van der Waals surface area (Å²) in [6, 6.07) is 0. The monoisotopic (exact) mass is 242 g/mol. The van der Waals surface area contributed by atoms with Crippen molar-refractivity contribution in [2.75, 3.05) is 39.9 Å². The fraction of sp³-hybridized carbons (Fsp3) is 1.00. The molecule has 0 aromatic carbocycles. The van der Waals surface area contributed by atoms with Crippen molar-refractivity contribution >= 4 is 0 Å². The van der Waals surface area contributed by atoms with Crippen LogP contribution in [-0.2, 0) is 4.74 Å². The van der Waals surface area contributed by atoms with E-state index in [1.165, 1.54) is 32.2 Å². The quantitative estimate of drug-likeness (QED) is 0.564. The summed E-state index contributed by atoms with van der Waals surface area (Å²) in [5, 5.41) is 0. The number of ether oxygens (including phenoxy) is 1. The molecule has 0 aliphatic heterocycles. The first-order chi connectivity index (χ1) is 8.22. The minimum atomic E-state index is 0.777. The molecule has 3 heteroatoms. The zero-order valence-electron chi connectivity index (χ0n) is 11.7. The number of hydrogen-bond acceptors (Lipinski definition) is 3. The highest BCUT2D eigenvalue weighted by Crippen LogP contribution is 2.28. The standard InChI is InChI=1S/C14H30N2O/c1-13(7-8-15)4-3-9-16(2)10-11-17-12-14-5-6-14/h13-14H,3-12,15H2,1-2H3. The van der Waals surface area contributed by atoms with E-state index in [-0.39, 0.29) is 0 Å². The Morgan fingerprint density at radius 2 is 2.06 bits per heavy atom. The van der Waals surface area contributed by atoms with Crippen LogP contribution >= 0.6 is 0 Å². The van der Waals surface area contributed by atoms with Gasteiger partial charge in [-0.1, -0.05) is 6.92 Å². The molecule has 1 aliphatic rings. The molecule has 0 saturated heterocycles. The Morgan fingerprint density at radius 1 is 1.29 bits per heavy atom. The topological polar surface area (TPSA) is 38.5 Å². The van der Waals surface area contributed by atoms with Crippen molar-refractivity contribution in [3.05, 3.63) is 0 Å². The lowest BCUT2D eigenvalue weighted by Gasteiger charge is -2.17. The summed E-state index contributed by atoms with van der Waals surface area (Å²) in [5.41, 5.74) is 5.54. The summed E-state index contributed by atoms with van der Waals surface area (Å²) >= 11 is 0. The van der Waals surface area contributed by atoms with Gasteiger partial charge in [-0.15, -0.1) is 0 Å². The van der Waals surface area contributed by atoms with Gasteiger partial charge in [-0.05, 0) is 64.1 Å². The molecule has 0 amide bonds. The van der Waals surface area contributed by atoms with Crippen LogP contribution in [0.3, 0.4) is 0 Å². The van der Waals surface area contributed by atoms with Crippen LogP contribution in [0.2, 0.25) is 0 Å². The fourth-order valence-electron chi connectivity index (χ4n) is 2.01. The lowest BCUT2D eigenvalue weighted by molar-refractivity contribution is 0.103. The second-order valence-electron chi connectivity index (χ2n) is 5.65. The highest BCUT2D eigenvalue weighted by Gasteiger charge is 2.20. The van der Waals surface area contributed by atoms with Crippen molar-refractivity contribution < 1.29 is 4.74 Å². The molecule has 102 valence electrons. The van der Waals surface area contributed by atoms with E-state index in [1.54, 1.807) is 0 Å². The summed E-state index contributed by atoms with van der Waals surface area (Å²) in [5.74, 6) is 1.66. The Bertz CT molecular complexity index is 183. The average Bonchev–Trinajstić information content (AvgIpc) is 3.09. The number of rotatable bonds is 11. The van der Waals surface area contributed by atoms with E-state index in [1.807, 2.05) is 0 Å². The van der Waals surface area contributed by atoms with Crippen LogP contribution in [0.25, 0.3) is 0 Å². The van der Waals surface area contributed by atoms with Gasteiger partial charge >= 0.3 is 0 Å². The minimum Gasteiger partial charge on any atom is -0.380 e. The molecule has 0 heterocycles. The molecule has 1 aliphatic carbocycles. The fourth-order valence-corrected chi connectivity index (χ4v) is 2.01. The summed E-state index contributed by atoms with van der Waals surface area (Å²) in [4.78, 5) is 2.38. The van der Waals surface area contributed by atoms with Gasteiger partial charge in [0.2, 0.25) is 0 Å². The van der Waals surface area contributed by atoms with Crippen LogP contribution in [0, 0.1) is 11.8 Å². The van der Waals surface area contributed by atoms with E-state index < -0.39 is 0 Å². The Labute approximate surface area is 107 Å². The molecule has 0 aromatic heterocycles. The summed E-state index contributed by atoms with van der Waals surface area (Å²) in [6.07, 6.45) is 6.50. The maximum atomic E-state index is 5.64. The zero-order valence-corrected chi connectivity index (χ0v) is 11.7. The molecule has 0 spiro atoms. The Balaban J connectivity index is 1.84. The molecular weight excluding hydrogens is 212 g/mol. The van der Waals surface area contributed by atoms with Crippen LogP contribution in [0.15, 0.2) is 0 Å². The second-order valence-corrected chi connectivity index (χ2v) is 5.65. The molecular formula is C14H30N2O. The number of hydrogen-bond donors (Lipinski definition) is 1. The normalized spacial score (nSPS) is 17.6. The van der Waals surface area contributed by atoms with Gasteiger partial charge in [0.25, 0.3) is 0 Å². The van der Waals surface area contributed by atoms with E-state index in [0.29, 0.717) is 0 Å². The molecule has 1 saturated carbocycles. The molecule has 0 radical (unpaired) electrons. The molecule has 1 atom stereocenters. The van der Waals surface area contributed by atoms with Crippen LogP contribution in [0.1, 0.15) is 39.0 Å². The van der Waals surface area contributed by atoms with E-state index in [2.05, 4.69) is 18.9 Å². The van der Waals surface area contributed by atoms with E-state index in [9.17, 15) is 0 Å². The van der Waals surface area contributed by atoms with Gasteiger partial charge in [0.05, 0.1) is 6.61 Å². The van der Waals surface area contributed by atoms with E-state index >= 15 is 0 Å². The highest BCUT2D eigenvalue weighted by molar-refractivity contribution is 4.72. The second kappa shape index (κ2) is 8.90. The molecule has 0 aromatic rings. The third-order valence-corrected chi connectivity index (χ3v) is 3.56. The van der Waals surface area contributed by atoms with E-state index in [0.717, 1.165) is 44.6 Å². The zero-order chi connectivity index (χ0) is 12.5. The van der Waals surface area contributed by atoms with Gasteiger partial charge in [0.1, 0.15) is 0 Å². The van der Waals surface area contributed by atoms with Crippen LogP contribution in [0.4, 0.5) is 0 Å². The van der Waals surface area contributed by atoms with Crippen molar-refractivity contribution in [1.82, 2.24) is 4.90 Å². The van der Waals surface area contributed by atoms with Crippen LogP contribution in [0.5, 0.6) is 0 Å². The Kier molecular flexibility index (Phi) is 7.82. The SMILES string of the molecule is CC(CCN)CCCN(C)CCOCC1CC1. The number of likely N-dealkylation sites (N-methyl/N-ethyl adjacent to an activating group) is 1. The first kappa shape index (κ1) is 14.9. The first-order valence-corrected chi connectivity index (χ1v) is 7.18. The third-order valence-electron chi connectivity index (χ3n) is 3.56. The Morgan fingerprint density at radius 3 is 2.71 bits per heavy atom. The number of nitrogens with zero attached hydrogens (tertiary/aromatic N) is 1. The molecule has 3 nitrogen and oxygen atoms in total. The molecule has 0 bridgehead atoms. The molecule has 1 rings (SSSR count). The molecule has 17 heavy (non-hydrogen) atoms. The maximum absolute atomic E-state index is 5.64. The van der Waals surface area contributed by atoms with Crippen molar-refractivity contribution in [2.24, 2.45) is 17.6 Å². The maximum Gasteiger partial charge on any atom is 0.0593 e. The largest absolute Gasteiger partial charge is 0.380 e. The van der Waals surface area contributed by atoms with Crippen molar-refractivity contribution in [1.29, 1.82) is 0 Å². The Hall–Kier alpha value is -0.120. The van der Waals surface area contributed by atoms with Gasteiger partial charge in [-0.25, -0.2) is 0 Å². The predicted octanol–water partition coefficient (Wildman–Crippen LogP) is 2.11. The third kappa shape index (κ3) is 8.58. The minimum absolute atomic E-state index is 0.777. The lowest BCUT2D eigenvalue weighted by atomic mass is 10.0. The molecule has 2 N–H and O–H groups in total. The van der Waals surface area contributed by atoms with Crippen molar-refractivity contribution in [3.63, 3.8) is 0 Å².